The van der Waals surface area contributed by atoms with E-state index in [1.807, 2.05) is 0 Å². The second kappa shape index (κ2) is 13.8. The van der Waals surface area contributed by atoms with Crippen LogP contribution >= 0.6 is 0 Å². The zero-order valence-corrected chi connectivity index (χ0v) is 21.4. The minimum atomic E-state index is 0.643. The van der Waals surface area contributed by atoms with Crippen LogP contribution in [0.3, 0.4) is 0 Å². The standard InChI is InChI=1S/C30H47N3/c1-24(2)11-9-12-25(3)18-22-33-23-29(28-15-7-8-16-30(28)33)27(17-21-32-20-10-19-31)26-13-5-4-6-14-26/h7-8,11,15-16,18,23,26-27,32H,4-6,9-10,12-14,17,19-22,31H2,1-3H3/b25-18+. The Hall–Kier alpha value is -1.84. The predicted molar refractivity (Wildman–Crippen MR) is 145 cm³/mol. The number of hydrogen-bond donors (Lipinski definition) is 2. The summed E-state index contributed by atoms with van der Waals surface area (Å²) < 4.78 is 2.49. The second-order valence-corrected chi connectivity index (χ2v) is 10.3. The van der Waals surface area contributed by atoms with E-state index in [9.17, 15) is 0 Å². The van der Waals surface area contributed by atoms with E-state index in [-0.39, 0.29) is 0 Å². The molecule has 1 aromatic carbocycles. The van der Waals surface area contributed by atoms with E-state index in [1.165, 1.54) is 60.6 Å². The summed E-state index contributed by atoms with van der Waals surface area (Å²) in [6, 6.07) is 9.07. The highest BCUT2D eigenvalue weighted by molar-refractivity contribution is 5.84. The van der Waals surface area contributed by atoms with Crippen molar-refractivity contribution in [2.24, 2.45) is 11.7 Å². The smallest absolute Gasteiger partial charge is 0.0486 e. The van der Waals surface area contributed by atoms with Crippen LogP contribution in [-0.2, 0) is 6.54 Å². The normalized spacial score (nSPS) is 16.3. The van der Waals surface area contributed by atoms with Gasteiger partial charge in [-0.3, -0.25) is 0 Å². The monoisotopic (exact) mass is 449 g/mol. The van der Waals surface area contributed by atoms with Gasteiger partial charge in [0.1, 0.15) is 0 Å². The maximum atomic E-state index is 5.68. The third-order valence-electron chi connectivity index (χ3n) is 7.36. The molecule has 33 heavy (non-hydrogen) atoms. The largest absolute Gasteiger partial charge is 0.343 e. The average molecular weight is 450 g/mol. The third kappa shape index (κ3) is 7.86. The molecule has 0 bridgehead atoms. The number of allylic oxidation sites excluding steroid dienone is 4. The van der Waals surface area contributed by atoms with E-state index < -0.39 is 0 Å². The molecule has 1 heterocycles. The summed E-state index contributed by atoms with van der Waals surface area (Å²) in [5, 5.41) is 5.11. The summed E-state index contributed by atoms with van der Waals surface area (Å²) >= 11 is 0. The van der Waals surface area contributed by atoms with Gasteiger partial charge in [0.25, 0.3) is 0 Å². The van der Waals surface area contributed by atoms with Crippen molar-refractivity contribution in [3.8, 4) is 0 Å². The first-order valence-electron chi connectivity index (χ1n) is 13.4. The lowest BCUT2D eigenvalue weighted by molar-refractivity contribution is 0.293. The maximum Gasteiger partial charge on any atom is 0.0486 e. The first-order chi connectivity index (χ1) is 16.1. The molecular weight excluding hydrogens is 402 g/mol. The molecule has 2 aromatic rings. The average Bonchev–Trinajstić information content (AvgIpc) is 3.19. The minimum absolute atomic E-state index is 0.643. The van der Waals surface area contributed by atoms with Crippen LogP contribution in [-0.4, -0.2) is 24.2 Å². The van der Waals surface area contributed by atoms with Crippen LogP contribution in [0.5, 0.6) is 0 Å². The number of nitrogens with two attached hydrogens (primary N) is 1. The molecule has 0 amide bonds. The summed E-state index contributed by atoms with van der Waals surface area (Å²) in [6.07, 6.45) is 18.8. The molecule has 3 nitrogen and oxygen atoms in total. The Labute approximate surface area is 202 Å². The first kappa shape index (κ1) is 25.8. The Kier molecular flexibility index (Phi) is 10.8. The minimum Gasteiger partial charge on any atom is -0.343 e. The molecule has 1 fully saturated rings. The molecule has 0 radical (unpaired) electrons. The Morgan fingerprint density at radius 1 is 1.09 bits per heavy atom. The summed E-state index contributed by atoms with van der Waals surface area (Å²) in [6.45, 7) is 10.5. The molecule has 3 rings (SSSR count). The van der Waals surface area contributed by atoms with Crippen LogP contribution in [0.4, 0.5) is 0 Å². The zero-order valence-electron chi connectivity index (χ0n) is 21.4. The SMILES string of the molecule is CC(C)=CCC/C(C)=C/Cn1cc(C(CCNCCCN)C2CCCCC2)c2ccccc21. The lowest BCUT2D eigenvalue weighted by Gasteiger charge is -2.30. The number of benzene rings is 1. The van der Waals surface area contributed by atoms with E-state index in [2.05, 4.69) is 73.3 Å². The molecule has 1 atom stereocenters. The van der Waals surface area contributed by atoms with Crippen molar-refractivity contribution in [2.45, 2.75) is 91.0 Å². The van der Waals surface area contributed by atoms with Gasteiger partial charge in [-0.1, -0.05) is 60.8 Å². The lowest BCUT2D eigenvalue weighted by atomic mass is 9.75. The highest BCUT2D eigenvalue weighted by atomic mass is 15.0. The number of aromatic nitrogens is 1. The lowest BCUT2D eigenvalue weighted by Crippen LogP contribution is -2.24. The molecule has 1 saturated carbocycles. The van der Waals surface area contributed by atoms with Crippen LogP contribution in [0.15, 0.2) is 53.8 Å². The molecule has 3 N–H and O–H groups in total. The number of rotatable bonds is 13. The molecule has 3 heteroatoms. The number of hydrogen-bond acceptors (Lipinski definition) is 2. The van der Waals surface area contributed by atoms with Gasteiger partial charge in [-0.25, -0.2) is 0 Å². The van der Waals surface area contributed by atoms with Gasteiger partial charge in [0.2, 0.25) is 0 Å². The predicted octanol–water partition coefficient (Wildman–Crippen LogP) is 7.33. The number of para-hydroxylation sites is 1. The summed E-state index contributed by atoms with van der Waals surface area (Å²) in [7, 11) is 0. The fourth-order valence-corrected chi connectivity index (χ4v) is 5.46. The Morgan fingerprint density at radius 2 is 1.88 bits per heavy atom. The molecule has 0 spiro atoms. The fraction of sp³-hybridized carbons (Fsp3) is 0.600. The van der Waals surface area contributed by atoms with Crippen molar-refractivity contribution in [3.05, 3.63) is 59.3 Å². The van der Waals surface area contributed by atoms with E-state index >= 15 is 0 Å². The number of nitrogens with one attached hydrogen (secondary N) is 1. The second-order valence-electron chi connectivity index (χ2n) is 10.3. The van der Waals surface area contributed by atoms with Gasteiger partial charge >= 0.3 is 0 Å². The quantitative estimate of drug-likeness (QED) is 0.248. The molecule has 182 valence electrons. The van der Waals surface area contributed by atoms with Gasteiger partial charge in [-0.15, -0.1) is 0 Å². The van der Waals surface area contributed by atoms with Crippen molar-refractivity contribution >= 4 is 10.9 Å². The molecule has 1 aliphatic rings. The van der Waals surface area contributed by atoms with Crippen LogP contribution < -0.4 is 11.1 Å². The molecule has 0 saturated heterocycles. The van der Waals surface area contributed by atoms with E-state index in [4.69, 9.17) is 5.73 Å². The van der Waals surface area contributed by atoms with Crippen molar-refractivity contribution in [2.75, 3.05) is 19.6 Å². The molecule has 1 aromatic heterocycles. The van der Waals surface area contributed by atoms with Gasteiger partial charge in [-0.2, -0.15) is 0 Å². The molecular formula is C30H47N3. The Bertz CT molecular complexity index is 894. The van der Waals surface area contributed by atoms with E-state index in [0.29, 0.717) is 5.92 Å². The van der Waals surface area contributed by atoms with Crippen molar-refractivity contribution in [3.63, 3.8) is 0 Å². The van der Waals surface area contributed by atoms with Crippen LogP contribution in [0, 0.1) is 5.92 Å². The van der Waals surface area contributed by atoms with Crippen molar-refractivity contribution < 1.29 is 0 Å². The number of nitrogens with zero attached hydrogens (tertiary/aromatic N) is 1. The van der Waals surface area contributed by atoms with Gasteiger partial charge in [0.05, 0.1) is 0 Å². The highest BCUT2D eigenvalue weighted by Crippen LogP contribution is 2.41. The van der Waals surface area contributed by atoms with Gasteiger partial charge in [-0.05, 0) is 102 Å². The molecule has 1 unspecified atom stereocenters. The topological polar surface area (TPSA) is 43.0 Å². The van der Waals surface area contributed by atoms with E-state index in [1.54, 1.807) is 5.56 Å². The van der Waals surface area contributed by atoms with Crippen molar-refractivity contribution in [1.29, 1.82) is 0 Å². The van der Waals surface area contributed by atoms with Crippen LogP contribution in [0.25, 0.3) is 10.9 Å². The number of fused-ring (bicyclic) bond motifs is 1. The van der Waals surface area contributed by atoms with Gasteiger partial charge < -0.3 is 15.6 Å². The van der Waals surface area contributed by atoms with Gasteiger partial charge in [0.15, 0.2) is 0 Å². The summed E-state index contributed by atoms with van der Waals surface area (Å²) in [5.74, 6) is 1.46. The molecule has 0 aliphatic heterocycles. The third-order valence-corrected chi connectivity index (χ3v) is 7.36. The summed E-state index contributed by atoms with van der Waals surface area (Å²) in [4.78, 5) is 0. The van der Waals surface area contributed by atoms with Crippen molar-refractivity contribution in [1.82, 2.24) is 9.88 Å². The van der Waals surface area contributed by atoms with Crippen LogP contribution in [0.2, 0.25) is 0 Å². The highest BCUT2D eigenvalue weighted by Gasteiger charge is 2.27. The first-order valence-corrected chi connectivity index (χ1v) is 13.4. The summed E-state index contributed by atoms with van der Waals surface area (Å²) in [5.41, 5.74) is 11.5. The zero-order chi connectivity index (χ0) is 23.5. The van der Waals surface area contributed by atoms with Gasteiger partial charge in [0, 0.05) is 23.6 Å². The van der Waals surface area contributed by atoms with Crippen LogP contribution in [0.1, 0.15) is 90.0 Å². The fourth-order valence-electron chi connectivity index (χ4n) is 5.46. The van der Waals surface area contributed by atoms with E-state index in [0.717, 1.165) is 51.4 Å². The molecule has 1 aliphatic carbocycles. The Morgan fingerprint density at radius 3 is 2.64 bits per heavy atom. The maximum absolute atomic E-state index is 5.68. The Balaban J connectivity index is 1.80.